The summed E-state index contributed by atoms with van der Waals surface area (Å²) in [7, 11) is -4.08. The molecule has 0 amide bonds. The van der Waals surface area contributed by atoms with E-state index in [1.165, 1.54) is 30.3 Å². The molecule has 0 N–H and O–H groups in total. The molecule has 2 aromatic carbocycles. The van der Waals surface area contributed by atoms with Crippen molar-refractivity contribution in [2.45, 2.75) is 11.8 Å². The number of sulfonamides is 1. The van der Waals surface area contributed by atoms with E-state index < -0.39 is 20.6 Å². The van der Waals surface area contributed by atoms with Crippen LogP contribution in [0.5, 0.6) is 0 Å². The van der Waals surface area contributed by atoms with E-state index >= 15 is 0 Å². The average Bonchev–Trinajstić information content (AvgIpc) is 2.53. The van der Waals surface area contributed by atoms with E-state index in [0.717, 1.165) is 9.87 Å². The summed E-state index contributed by atoms with van der Waals surface area (Å²) in [5.41, 5.74) is 0.956. The molecule has 0 aliphatic rings. The van der Waals surface area contributed by atoms with Gasteiger partial charge in [0.05, 0.1) is 17.2 Å². The number of para-hydroxylation sites is 1. The van der Waals surface area contributed by atoms with Crippen molar-refractivity contribution in [3.05, 3.63) is 76.9 Å². The van der Waals surface area contributed by atoms with Gasteiger partial charge in [0.2, 0.25) is 0 Å². The predicted octanol–water partition coefficient (Wildman–Crippen LogP) is 3.28. The zero-order chi connectivity index (χ0) is 17.0. The minimum atomic E-state index is -4.08. The van der Waals surface area contributed by atoms with Gasteiger partial charge in [0.25, 0.3) is 15.7 Å². The quantitative estimate of drug-likeness (QED) is 0.462. The Morgan fingerprint density at radius 2 is 1.78 bits per heavy atom. The molecule has 0 spiro atoms. The van der Waals surface area contributed by atoms with Gasteiger partial charge in [0.1, 0.15) is 0 Å². The molecule has 0 heterocycles. The Labute approximate surface area is 134 Å². The van der Waals surface area contributed by atoms with Gasteiger partial charge in [-0.2, -0.15) is 0 Å². The monoisotopic (exact) mass is 332 g/mol. The fraction of sp³-hybridized carbons (Fsp3) is 0.125. The molecule has 7 heteroatoms. The number of nitro benzene ring substituents is 1. The van der Waals surface area contributed by atoms with Crippen LogP contribution in [0.3, 0.4) is 0 Å². The zero-order valence-corrected chi connectivity index (χ0v) is 13.4. The number of hydrogen-bond donors (Lipinski definition) is 0. The third-order valence-electron chi connectivity index (χ3n) is 3.25. The van der Waals surface area contributed by atoms with Crippen LogP contribution in [0.4, 0.5) is 11.4 Å². The molecule has 0 saturated heterocycles. The molecule has 23 heavy (non-hydrogen) atoms. The lowest BCUT2D eigenvalue weighted by Gasteiger charge is -2.23. The highest BCUT2D eigenvalue weighted by Gasteiger charge is 2.31. The topological polar surface area (TPSA) is 80.5 Å². The molecule has 0 radical (unpaired) electrons. The number of hydrogen-bond acceptors (Lipinski definition) is 4. The minimum Gasteiger partial charge on any atom is -0.262 e. The van der Waals surface area contributed by atoms with Crippen LogP contribution < -0.4 is 4.31 Å². The van der Waals surface area contributed by atoms with Gasteiger partial charge >= 0.3 is 0 Å². The minimum absolute atomic E-state index is 0.0114. The number of rotatable bonds is 6. The van der Waals surface area contributed by atoms with Crippen molar-refractivity contribution in [3.8, 4) is 0 Å². The first kappa shape index (κ1) is 16.7. The average molecular weight is 332 g/mol. The van der Waals surface area contributed by atoms with Gasteiger partial charge < -0.3 is 0 Å². The van der Waals surface area contributed by atoms with Crippen LogP contribution in [0, 0.1) is 17.0 Å². The van der Waals surface area contributed by atoms with Gasteiger partial charge in [-0.15, -0.1) is 6.58 Å². The normalized spacial score (nSPS) is 11.0. The van der Waals surface area contributed by atoms with Gasteiger partial charge in [-0.05, 0) is 25.1 Å². The molecule has 0 fully saturated rings. The van der Waals surface area contributed by atoms with E-state index in [1.807, 2.05) is 6.92 Å². The molecule has 0 aliphatic carbocycles. The van der Waals surface area contributed by atoms with Crippen molar-refractivity contribution in [2.24, 2.45) is 0 Å². The molecule has 0 atom stereocenters. The summed E-state index contributed by atoms with van der Waals surface area (Å²) < 4.78 is 26.9. The van der Waals surface area contributed by atoms with E-state index in [2.05, 4.69) is 6.58 Å². The number of aryl methyl sites for hydroxylation is 1. The van der Waals surface area contributed by atoms with Crippen LogP contribution in [0.2, 0.25) is 0 Å². The smallest absolute Gasteiger partial charge is 0.262 e. The lowest BCUT2D eigenvalue weighted by molar-refractivity contribution is -0.387. The number of nitro groups is 1. The lowest BCUT2D eigenvalue weighted by atomic mass is 10.2. The summed E-state index contributed by atoms with van der Waals surface area (Å²) >= 11 is 0. The first-order chi connectivity index (χ1) is 10.9. The van der Waals surface area contributed by atoms with Crippen LogP contribution in [0.25, 0.3) is 0 Å². The molecule has 2 rings (SSSR count). The highest BCUT2D eigenvalue weighted by Crippen LogP contribution is 2.29. The zero-order valence-electron chi connectivity index (χ0n) is 12.5. The van der Waals surface area contributed by atoms with Crippen LogP contribution in [0.1, 0.15) is 5.56 Å². The maximum Gasteiger partial charge on any atom is 0.289 e. The third kappa shape index (κ3) is 3.40. The molecule has 0 aromatic heterocycles. The van der Waals surface area contributed by atoms with Crippen molar-refractivity contribution in [1.82, 2.24) is 0 Å². The van der Waals surface area contributed by atoms with Crippen molar-refractivity contribution in [1.29, 1.82) is 0 Å². The van der Waals surface area contributed by atoms with Crippen LogP contribution in [-0.4, -0.2) is 19.9 Å². The summed E-state index contributed by atoms with van der Waals surface area (Å²) in [5, 5.41) is 11.1. The Balaban J connectivity index is 2.60. The van der Waals surface area contributed by atoms with E-state index in [0.29, 0.717) is 5.69 Å². The maximum absolute atomic E-state index is 12.9. The Bertz CT molecular complexity index is 829. The van der Waals surface area contributed by atoms with Crippen LogP contribution >= 0.6 is 0 Å². The van der Waals surface area contributed by atoms with Gasteiger partial charge in [-0.25, -0.2) is 8.42 Å². The van der Waals surface area contributed by atoms with Gasteiger partial charge in [-0.1, -0.05) is 35.9 Å². The van der Waals surface area contributed by atoms with E-state index in [9.17, 15) is 18.5 Å². The Hall–Kier alpha value is -2.67. The fourth-order valence-corrected chi connectivity index (χ4v) is 3.71. The molecule has 6 nitrogen and oxygen atoms in total. The van der Waals surface area contributed by atoms with Crippen molar-refractivity contribution >= 4 is 21.4 Å². The molecule has 2 aromatic rings. The van der Waals surface area contributed by atoms with E-state index in [4.69, 9.17) is 0 Å². The molecular weight excluding hydrogens is 316 g/mol. The first-order valence-corrected chi connectivity index (χ1v) is 8.25. The largest absolute Gasteiger partial charge is 0.289 e. The van der Waals surface area contributed by atoms with Crippen LogP contribution in [0.15, 0.2) is 66.1 Å². The molecule has 120 valence electrons. The van der Waals surface area contributed by atoms with Crippen molar-refractivity contribution < 1.29 is 13.3 Å². The second-order valence-electron chi connectivity index (χ2n) is 4.89. The Morgan fingerprint density at radius 1 is 1.17 bits per heavy atom. The standard InChI is InChI=1S/C16H16N2O4S/c1-3-12-17(14-10-8-13(2)9-11-14)23(21,22)16-7-5-4-6-15(16)18(19)20/h3-11H,1,12H2,2H3. The summed E-state index contributed by atoms with van der Waals surface area (Å²) in [6.07, 6.45) is 1.44. The maximum atomic E-state index is 12.9. The fourth-order valence-electron chi connectivity index (χ4n) is 2.12. The first-order valence-electron chi connectivity index (χ1n) is 6.81. The SMILES string of the molecule is C=CCN(c1ccc(C)cc1)S(=O)(=O)c1ccccc1[N+](=O)[O-]. The second-order valence-corrected chi connectivity index (χ2v) is 6.72. The highest BCUT2D eigenvalue weighted by atomic mass is 32.2. The van der Waals surface area contributed by atoms with Crippen molar-refractivity contribution in [2.75, 3.05) is 10.8 Å². The number of anilines is 1. The molecular formula is C16H16N2O4S. The molecule has 0 saturated carbocycles. The predicted molar refractivity (Wildman–Crippen MR) is 89.0 cm³/mol. The van der Waals surface area contributed by atoms with Crippen molar-refractivity contribution in [3.63, 3.8) is 0 Å². The third-order valence-corrected chi connectivity index (χ3v) is 5.09. The summed E-state index contributed by atoms with van der Waals surface area (Å²) in [6.45, 7) is 5.47. The van der Waals surface area contributed by atoms with Gasteiger partial charge in [0, 0.05) is 6.07 Å². The summed E-state index contributed by atoms with van der Waals surface area (Å²) in [6, 6.07) is 12.2. The molecule has 0 bridgehead atoms. The molecule has 0 aliphatic heterocycles. The number of benzene rings is 2. The van der Waals surface area contributed by atoms with Gasteiger partial charge in [-0.3, -0.25) is 14.4 Å². The summed E-state index contributed by atoms with van der Waals surface area (Å²) in [4.78, 5) is 10.1. The lowest BCUT2D eigenvalue weighted by Crippen LogP contribution is -2.31. The Kier molecular flexibility index (Phi) is 4.80. The Morgan fingerprint density at radius 3 is 2.35 bits per heavy atom. The van der Waals surface area contributed by atoms with Crippen LogP contribution in [-0.2, 0) is 10.0 Å². The van der Waals surface area contributed by atoms with Gasteiger partial charge in [0.15, 0.2) is 4.90 Å². The van der Waals surface area contributed by atoms with E-state index in [-0.39, 0.29) is 11.4 Å². The van der Waals surface area contributed by atoms with E-state index in [1.54, 1.807) is 24.3 Å². The summed E-state index contributed by atoms with van der Waals surface area (Å²) in [5.74, 6) is 0. The highest BCUT2D eigenvalue weighted by molar-refractivity contribution is 7.93. The number of nitrogens with zero attached hydrogens (tertiary/aromatic N) is 2. The molecule has 0 unspecified atom stereocenters. The second kappa shape index (κ2) is 6.62.